The fourth-order valence-corrected chi connectivity index (χ4v) is 2.02. The van der Waals surface area contributed by atoms with Gasteiger partial charge >= 0.3 is 0 Å². The third-order valence-electron chi connectivity index (χ3n) is 3.36. The molecule has 2 aromatic rings. The summed E-state index contributed by atoms with van der Waals surface area (Å²) in [5.74, 6) is 1.35. The summed E-state index contributed by atoms with van der Waals surface area (Å²) in [5.41, 5.74) is 0.726. The van der Waals surface area contributed by atoms with Crippen LogP contribution in [-0.2, 0) is 0 Å². The van der Waals surface area contributed by atoms with E-state index in [1.54, 1.807) is 50.6 Å². The molecular weight excluding hydrogens is 338 g/mol. The van der Waals surface area contributed by atoms with Gasteiger partial charge < -0.3 is 35.2 Å². The number of likely N-dealkylation sites (N-methyl/N-ethyl adjacent to an activating group) is 1. The van der Waals surface area contributed by atoms with Crippen LogP contribution in [-0.4, -0.2) is 60.4 Å². The van der Waals surface area contributed by atoms with Gasteiger partial charge in [0.25, 0.3) is 0 Å². The van der Waals surface area contributed by atoms with E-state index in [9.17, 15) is 5.11 Å². The maximum absolute atomic E-state index is 9.47. The average molecular weight is 365 g/mol. The fourth-order valence-electron chi connectivity index (χ4n) is 2.02. The van der Waals surface area contributed by atoms with Crippen LogP contribution in [0.3, 0.4) is 0 Å². The zero-order valence-electron chi connectivity index (χ0n) is 15.0. The molecular formula is C19H27NO6. The number of aliphatic hydroxyl groups excluding tert-OH is 3. The van der Waals surface area contributed by atoms with Crippen LogP contribution < -0.4 is 14.8 Å². The highest BCUT2D eigenvalue weighted by atomic mass is 16.5. The summed E-state index contributed by atoms with van der Waals surface area (Å²) >= 11 is 0. The summed E-state index contributed by atoms with van der Waals surface area (Å²) in [4.78, 5) is 0. The van der Waals surface area contributed by atoms with Crippen LogP contribution in [0.4, 0.5) is 0 Å². The van der Waals surface area contributed by atoms with Crippen LogP contribution in [0, 0.1) is 0 Å². The van der Waals surface area contributed by atoms with Gasteiger partial charge in [0.2, 0.25) is 0 Å². The molecule has 26 heavy (non-hydrogen) atoms. The molecule has 0 radical (unpaired) electrons. The van der Waals surface area contributed by atoms with Crippen molar-refractivity contribution < 1.29 is 29.9 Å². The molecule has 0 bridgehead atoms. The van der Waals surface area contributed by atoms with E-state index in [0.717, 1.165) is 5.56 Å². The third-order valence-corrected chi connectivity index (χ3v) is 3.36. The van der Waals surface area contributed by atoms with E-state index in [0.29, 0.717) is 18.0 Å². The van der Waals surface area contributed by atoms with Crippen LogP contribution in [0.15, 0.2) is 48.5 Å². The van der Waals surface area contributed by atoms with E-state index in [2.05, 4.69) is 5.32 Å². The monoisotopic (exact) mass is 365 g/mol. The van der Waals surface area contributed by atoms with Crippen molar-refractivity contribution in [1.82, 2.24) is 5.32 Å². The quantitative estimate of drug-likeness (QED) is 0.476. The van der Waals surface area contributed by atoms with Gasteiger partial charge in [0.15, 0.2) is 11.5 Å². The van der Waals surface area contributed by atoms with Crippen LogP contribution in [0.2, 0.25) is 0 Å². The second-order valence-electron chi connectivity index (χ2n) is 5.47. The molecule has 0 spiro atoms. The van der Waals surface area contributed by atoms with E-state index < -0.39 is 12.2 Å². The molecule has 0 aliphatic rings. The number of hydrogen-bond donors (Lipinski definition) is 5. The Morgan fingerprint density at radius 2 is 1.73 bits per heavy atom. The molecule has 0 aliphatic heterocycles. The Kier molecular flexibility index (Phi) is 10.1. The molecule has 2 atom stereocenters. The predicted molar refractivity (Wildman–Crippen MR) is 98.6 cm³/mol. The SMILES string of the molecule is CNC[C@H](O)c1cccc(O)c1.COc1ccccc1OCC(O)CO. The van der Waals surface area contributed by atoms with Gasteiger partial charge in [-0.25, -0.2) is 0 Å². The summed E-state index contributed by atoms with van der Waals surface area (Å²) in [7, 11) is 3.32. The van der Waals surface area contributed by atoms with Gasteiger partial charge in [-0.3, -0.25) is 0 Å². The first-order valence-electron chi connectivity index (χ1n) is 8.18. The minimum absolute atomic E-state index is 0.0525. The highest BCUT2D eigenvalue weighted by molar-refractivity contribution is 5.39. The lowest BCUT2D eigenvalue weighted by atomic mass is 10.1. The predicted octanol–water partition coefficient (Wildman–Crippen LogP) is 1.07. The molecule has 0 amide bonds. The van der Waals surface area contributed by atoms with Crippen molar-refractivity contribution in [3.8, 4) is 17.2 Å². The Morgan fingerprint density at radius 1 is 1.04 bits per heavy atom. The van der Waals surface area contributed by atoms with Crippen LogP contribution >= 0.6 is 0 Å². The molecule has 0 saturated heterocycles. The van der Waals surface area contributed by atoms with Crippen molar-refractivity contribution in [2.24, 2.45) is 0 Å². The number of hydrogen-bond acceptors (Lipinski definition) is 7. The molecule has 0 aliphatic carbocycles. The molecule has 7 heteroatoms. The van der Waals surface area contributed by atoms with Gasteiger partial charge in [0, 0.05) is 6.54 Å². The molecule has 0 aromatic heterocycles. The van der Waals surface area contributed by atoms with Gasteiger partial charge in [0.05, 0.1) is 19.8 Å². The number of methoxy groups -OCH3 is 1. The lowest BCUT2D eigenvalue weighted by Crippen LogP contribution is -2.21. The van der Waals surface area contributed by atoms with Gasteiger partial charge in [0.1, 0.15) is 18.5 Å². The number of para-hydroxylation sites is 2. The standard InChI is InChI=1S/C10H14O4.C9H13NO2/c1-13-9-4-2-3-5-10(9)14-7-8(12)6-11;1-10-6-9(12)7-3-2-4-8(11)5-7/h2-5,8,11-12H,6-7H2,1H3;2-5,9-12H,6H2,1H3/t;9-/m.0/s1. The highest BCUT2D eigenvalue weighted by Gasteiger charge is 2.06. The molecule has 144 valence electrons. The lowest BCUT2D eigenvalue weighted by molar-refractivity contribution is 0.0527. The summed E-state index contributed by atoms with van der Waals surface area (Å²) in [6, 6.07) is 13.8. The summed E-state index contributed by atoms with van der Waals surface area (Å²) < 4.78 is 10.3. The lowest BCUT2D eigenvalue weighted by Gasteiger charge is -2.12. The molecule has 5 N–H and O–H groups in total. The topological polar surface area (TPSA) is 111 Å². The second kappa shape index (κ2) is 12.1. The van der Waals surface area contributed by atoms with Gasteiger partial charge in [-0.05, 0) is 36.9 Å². The average Bonchev–Trinajstić information content (AvgIpc) is 2.67. The number of rotatable bonds is 8. The normalized spacial score (nSPS) is 12.5. The smallest absolute Gasteiger partial charge is 0.161 e. The van der Waals surface area contributed by atoms with Crippen LogP contribution in [0.5, 0.6) is 17.2 Å². The van der Waals surface area contributed by atoms with Crippen molar-refractivity contribution >= 4 is 0 Å². The number of nitrogens with one attached hydrogen (secondary N) is 1. The highest BCUT2D eigenvalue weighted by Crippen LogP contribution is 2.25. The molecule has 0 heterocycles. The second-order valence-corrected chi connectivity index (χ2v) is 5.47. The maximum atomic E-state index is 9.47. The summed E-state index contributed by atoms with van der Waals surface area (Å²) in [6.45, 7) is 0.232. The Labute approximate surface area is 153 Å². The Morgan fingerprint density at radius 3 is 2.31 bits per heavy atom. The molecule has 0 saturated carbocycles. The van der Waals surface area contributed by atoms with Crippen molar-refractivity contribution in [2.75, 3.05) is 33.9 Å². The van der Waals surface area contributed by atoms with Crippen molar-refractivity contribution in [3.63, 3.8) is 0 Å². The molecule has 2 aromatic carbocycles. The first-order chi connectivity index (χ1) is 12.5. The summed E-state index contributed by atoms with van der Waals surface area (Å²) in [6.07, 6.45) is -1.41. The zero-order chi connectivity index (χ0) is 19.4. The summed E-state index contributed by atoms with van der Waals surface area (Å²) in [5, 5.41) is 39.1. The Balaban J connectivity index is 0.000000263. The minimum atomic E-state index is -0.861. The molecule has 2 rings (SSSR count). The number of ether oxygens (including phenoxy) is 2. The van der Waals surface area contributed by atoms with E-state index in [1.165, 1.54) is 0 Å². The first-order valence-corrected chi connectivity index (χ1v) is 8.18. The number of aromatic hydroxyl groups is 1. The Bertz CT molecular complexity index is 637. The maximum Gasteiger partial charge on any atom is 0.161 e. The molecule has 0 fully saturated rings. The van der Waals surface area contributed by atoms with E-state index >= 15 is 0 Å². The first kappa shape index (κ1) is 21.7. The van der Waals surface area contributed by atoms with E-state index in [4.69, 9.17) is 24.8 Å². The molecule has 1 unspecified atom stereocenters. The largest absolute Gasteiger partial charge is 0.508 e. The minimum Gasteiger partial charge on any atom is -0.508 e. The van der Waals surface area contributed by atoms with Crippen molar-refractivity contribution in [1.29, 1.82) is 0 Å². The number of phenolic OH excluding ortho intramolecular Hbond substituents is 1. The van der Waals surface area contributed by atoms with Crippen LogP contribution in [0.1, 0.15) is 11.7 Å². The zero-order valence-corrected chi connectivity index (χ0v) is 15.0. The third kappa shape index (κ3) is 7.71. The van der Waals surface area contributed by atoms with Crippen molar-refractivity contribution in [3.05, 3.63) is 54.1 Å². The number of aliphatic hydroxyl groups is 3. The Hall–Kier alpha value is -2.32. The number of phenols is 1. The number of benzene rings is 2. The van der Waals surface area contributed by atoms with Gasteiger partial charge in [-0.2, -0.15) is 0 Å². The molecule has 7 nitrogen and oxygen atoms in total. The van der Waals surface area contributed by atoms with E-state index in [1.807, 2.05) is 12.1 Å². The van der Waals surface area contributed by atoms with Gasteiger partial charge in [-0.1, -0.05) is 24.3 Å². The van der Waals surface area contributed by atoms with E-state index in [-0.39, 0.29) is 19.0 Å². The van der Waals surface area contributed by atoms with Crippen molar-refractivity contribution in [2.45, 2.75) is 12.2 Å². The van der Waals surface area contributed by atoms with Crippen LogP contribution in [0.25, 0.3) is 0 Å². The van der Waals surface area contributed by atoms with Gasteiger partial charge in [-0.15, -0.1) is 0 Å². The fraction of sp³-hybridized carbons (Fsp3) is 0.368.